The lowest BCUT2D eigenvalue weighted by Gasteiger charge is -2.32. The number of hydrogen-bond donors (Lipinski definition) is 1. The fourth-order valence-electron chi connectivity index (χ4n) is 4.82. The second-order valence-corrected chi connectivity index (χ2v) is 12.7. The molecule has 190 valence electrons. The molecule has 6 nitrogen and oxygen atoms in total. The van der Waals surface area contributed by atoms with Crippen LogP contribution in [0.4, 0.5) is 5.69 Å². The zero-order valence-corrected chi connectivity index (χ0v) is 22.8. The smallest absolute Gasteiger partial charge is 0.262 e. The van der Waals surface area contributed by atoms with E-state index in [1.165, 1.54) is 18.2 Å². The minimum atomic E-state index is -4.03. The van der Waals surface area contributed by atoms with E-state index >= 15 is 0 Å². The van der Waals surface area contributed by atoms with Crippen LogP contribution in [-0.4, -0.2) is 33.1 Å². The normalized spacial score (nSPS) is 24.7. The van der Waals surface area contributed by atoms with Crippen LogP contribution in [0.3, 0.4) is 0 Å². The highest BCUT2D eigenvalue weighted by Crippen LogP contribution is 2.38. The molecule has 0 aromatic heterocycles. The molecule has 4 rings (SSSR count). The van der Waals surface area contributed by atoms with Gasteiger partial charge in [0.05, 0.1) is 22.6 Å². The minimum Gasteiger partial charge on any atom is -0.488 e. The van der Waals surface area contributed by atoms with E-state index in [0.717, 1.165) is 19.3 Å². The second kappa shape index (κ2) is 10.6. The van der Waals surface area contributed by atoms with Crippen molar-refractivity contribution in [2.45, 2.75) is 64.0 Å². The van der Waals surface area contributed by atoms with E-state index in [9.17, 15) is 8.42 Å². The molecule has 1 fully saturated rings. The predicted octanol–water partition coefficient (Wildman–Crippen LogP) is 6.80. The largest absolute Gasteiger partial charge is 0.488 e. The molecule has 4 atom stereocenters. The Bertz CT molecular complexity index is 1190. The maximum absolute atomic E-state index is 13.4. The maximum Gasteiger partial charge on any atom is 0.262 e. The van der Waals surface area contributed by atoms with Gasteiger partial charge in [-0.1, -0.05) is 57.0 Å². The van der Waals surface area contributed by atoms with Crippen LogP contribution in [0.2, 0.25) is 10.0 Å². The van der Waals surface area contributed by atoms with Gasteiger partial charge in [-0.25, -0.2) is 13.4 Å². The van der Waals surface area contributed by atoms with Crippen LogP contribution in [0, 0.1) is 17.8 Å². The monoisotopic (exact) mass is 538 g/mol. The first-order chi connectivity index (χ1) is 16.5. The summed E-state index contributed by atoms with van der Waals surface area (Å²) >= 11 is 12.2. The summed E-state index contributed by atoms with van der Waals surface area (Å²) in [5, 5.41) is 0.465. The molecular weight excluding hydrogens is 507 g/mol. The van der Waals surface area contributed by atoms with Crippen molar-refractivity contribution in [2.24, 2.45) is 22.7 Å². The Hall–Kier alpha value is -1.96. The number of ether oxygens (including phenoxy) is 2. The third kappa shape index (κ3) is 6.25. The van der Waals surface area contributed by atoms with E-state index in [1.807, 2.05) is 6.07 Å². The number of aliphatic imine (C=N–C) groups is 1. The summed E-state index contributed by atoms with van der Waals surface area (Å²) in [5.74, 6) is 2.22. The van der Waals surface area contributed by atoms with Crippen molar-refractivity contribution in [1.82, 2.24) is 0 Å². The van der Waals surface area contributed by atoms with Gasteiger partial charge in [-0.3, -0.25) is 4.72 Å². The molecule has 9 heteroatoms. The molecule has 1 aliphatic heterocycles. The predicted molar refractivity (Wildman–Crippen MR) is 141 cm³/mol. The molecule has 1 aliphatic carbocycles. The topological polar surface area (TPSA) is 77.0 Å². The van der Waals surface area contributed by atoms with E-state index in [1.54, 1.807) is 12.1 Å². The average Bonchev–Trinajstić information content (AvgIpc) is 3.24. The summed E-state index contributed by atoms with van der Waals surface area (Å²) in [7, 11) is -4.03. The van der Waals surface area contributed by atoms with Crippen molar-refractivity contribution in [3.05, 3.63) is 52.0 Å². The highest BCUT2D eigenvalue weighted by atomic mass is 35.5. The third-order valence-corrected chi connectivity index (χ3v) is 8.28. The van der Waals surface area contributed by atoms with Crippen molar-refractivity contribution in [3.63, 3.8) is 0 Å². The maximum atomic E-state index is 13.4. The first-order valence-electron chi connectivity index (χ1n) is 12.0. The van der Waals surface area contributed by atoms with Crippen molar-refractivity contribution in [3.8, 4) is 5.75 Å². The van der Waals surface area contributed by atoms with Crippen molar-refractivity contribution >= 4 is 44.8 Å². The SMILES string of the molecule is CC(C)C1COC(c2cccc(OC3C[C@@H](C)C[C@@H](C)C3)c2NS(=O)(=O)c2cc(Cl)cc(Cl)c2)=N1. The lowest BCUT2D eigenvalue weighted by Crippen LogP contribution is -2.29. The number of hydrogen-bond acceptors (Lipinski definition) is 5. The lowest BCUT2D eigenvalue weighted by atomic mass is 9.82. The molecule has 0 spiro atoms. The molecule has 0 bridgehead atoms. The fourth-order valence-corrected chi connectivity index (χ4v) is 6.63. The first kappa shape index (κ1) is 26.1. The van der Waals surface area contributed by atoms with E-state index in [-0.39, 0.29) is 27.1 Å². The quantitative estimate of drug-likeness (QED) is 0.420. The Morgan fingerprint density at radius 1 is 1.06 bits per heavy atom. The summed E-state index contributed by atoms with van der Waals surface area (Å²) in [6.07, 6.45) is 2.98. The van der Waals surface area contributed by atoms with E-state index in [4.69, 9.17) is 37.7 Å². The van der Waals surface area contributed by atoms with E-state index in [0.29, 0.717) is 47.3 Å². The van der Waals surface area contributed by atoms with Crippen LogP contribution in [0.15, 0.2) is 46.3 Å². The number of halogens is 2. The number of para-hydroxylation sites is 1. The molecule has 2 aromatic rings. The molecule has 0 radical (unpaired) electrons. The minimum absolute atomic E-state index is 0.00538. The van der Waals surface area contributed by atoms with Crippen LogP contribution in [0.25, 0.3) is 0 Å². The molecule has 2 aromatic carbocycles. The Kier molecular flexibility index (Phi) is 7.89. The molecule has 2 aliphatic rings. The Morgan fingerprint density at radius 3 is 2.31 bits per heavy atom. The molecule has 1 saturated carbocycles. The van der Waals surface area contributed by atoms with Crippen molar-refractivity contribution < 1.29 is 17.9 Å². The number of sulfonamides is 1. The Balaban J connectivity index is 1.75. The molecule has 1 heterocycles. The van der Waals surface area contributed by atoms with Crippen LogP contribution in [-0.2, 0) is 14.8 Å². The highest BCUT2D eigenvalue weighted by molar-refractivity contribution is 7.92. The van der Waals surface area contributed by atoms with Gasteiger partial charge in [0, 0.05) is 10.0 Å². The van der Waals surface area contributed by atoms with Gasteiger partial charge in [-0.05, 0) is 67.3 Å². The molecule has 1 N–H and O–H groups in total. The number of rotatable bonds is 7. The fraction of sp³-hybridized carbons (Fsp3) is 0.500. The Morgan fingerprint density at radius 2 is 1.71 bits per heavy atom. The van der Waals surface area contributed by atoms with Gasteiger partial charge in [0.15, 0.2) is 0 Å². The summed E-state index contributed by atoms with van der Waals surface area (Å²) in [5.41, 5.74) is 0.844. The van der Waals surface area contributed by atoms with E-state index in [2.05, 4.69) is 32.4 Å². The van der Waals surface area contributed by atoms with Gasteiger partial charge < -0.3 is 9.47 Å². The summed E-state index contributed by atoms with van der Waals surface area (Å²) in [4.78, 5) is 4.69. The van der Waals surface area contributed by atoms with Crippen LogP contribution in [0.1, 0.15) is 52.5 Å². The van der Waals surface area contributed by atoms with Gasteiger partial charge in [0.2, 0.25) is 5.90 Å². The summed E-state index contributed by atoms with van der Waals surface area (Å²) < 4.78 is 41.9. The zero-order chi connectivity index (χ0) is 25.3. The van der Waals surface area contributed by atoms with Crippen LogP contribution >= 0.6 is 23.2 Å². The standard InChI is InChI=1S/C26H32Cl2N2O4S/c1-15(2)23-14-33-26(29-23)22-6-5-7-24(34-20-9-16(3)8-17(4)10-20)25(22)30-35(31,32)21-12-18(27)11-19(28)13-21/h5-7,11-13,15-17,20,23,30H,8-10,14H2,1-4H3/t16-,17+,20?,23?. The molecule has 35 heavy (non-hydrogen) atoms. The molecular formula is C26H32Cl2N2O4S. The first-order valence-corrected chi connectivity index (χ1v) is 14.2. The zero-order valence-electron chi connectivity index (χ0n) is 20.4. The van der Waals surface area contributed by atoms with Crippen LogP contribution < -0.4 is 9.46 Å². The van der Waals surface area contributed by atoms with E-state index < -0.39 is 10.0 Å². The molecule has 0 saturated heterocycles. The molecule has 0 amide bonds. The summed E-state index contributed by atoms with van der Waals surface area (Å²) in [6.45, 7) is 9.06. The lowest BCUT2D eigenvalue weighted by molar-refractivity contribution is 0.102. The number of nitrogens with one attached hydrogen (secondary N) is 1. The third-order valence-electron chi connectivity index (χ3n) is 6.51. The molecule has 2 unspecified atom stereocenters. The van der Waals surface area contributed by atoms with Crippen molar-refractivity contribution in [1.29, 1.82) is 0 Å². The van der Waals surface area contributed by atoms with Gasteiger partial charge in [0.25, 0.3) is 10.0 Å². The second-order valence-electron chi connectivity index (χ2n) is 10.1. The van der Waals surface area contributed by atoms with Gasteiger partial charge >= 0.3 is 0 Å². The average molecular weight is 540 g/mol. The van der Waals surface area contributed by atoms with Gasteiger partial charge in [0.1, 0.15) is 18.0 Å². The number of anilines is 1. The Labute approximate surface area is 218 Å². The van der Waals surface area contributed by atoms with Crippen molar-refractivity contribution in [2.75, 3.05) is 11.3 Å². The number of benzene rings is 2. The van der Waals surface area contributed by atoms with Gasteiger partial charge in [-0.15, -0.1) is 0 Å². The summed E-state index contributed by atoms with van der Waals surface area (Å²) in [6, 6.07) is 9.64. The van der Waals surface area contributed by atoms with Gasteiger partial charge in [-0.2, -0.15) is 0 Å². The highest BCUT2D eigenvalue weighted by Gasteiger charge is 2.30. The number of nitrogens with zero attached hydrogens (tertiary/aromatic N) is 1. The van der Waals surface area contributed by atoms with Crippen LogP contribution in [0.5, 0.6) is 5.75 Å².